The molecular formula is C16H28N2. The molecule has 2 nitrogen and oxygen atoms in total. The number of nitrogens with zero attached hydrogens (tertiary/aromatic N) is 1. The minimum absolute atomic E-state index is 0.780. The molecule has 0 aliphatic carbocycles. The van der Waals surface area contributed by atoms with Crippen LogP contribution in [0, 0.1) is 5.92 Å². The van der Waals surface area contributed by atoms with Crippen LogP contribution in [0.25, 0.3) is 0 Å². The number of rotatable bonds is 8. The highest BCUT2D eigenvalue weighted by molar-refractivity contribution is 5.47. The van der Waals surface area contributed by atoms with Crippen LogP contribution in [-0.2, 0) is 6.54 Å². The summed E-state index contributed by atoms with van der Waals surface area (Å²) in [6.07, 6.45) is 1.25. The van der Waals surface area contributed by atoms with Crippen molar-refractivity contribution in [1.29, 1.82) is 0 Å². The SMILES string of the molecule is CCN(CC)c1ccc(CNCCC(C)C)cc1. The van der Waals surface area contributed by atoms with Crippen LogP contribution in [-0.4, -0.2) is 19.6 Å². The van der Waals surface area contributed by atoms with E-state index in [9.17, 15) is 0 Å². The molecule has 1 aromatic carbocycles. The van der Waals surface area contributed by atoms with E-state index in [2.05, 4.69) is 62.2 Å². The molecule has 0 aliphatic heterocycles. The van der Waals surface area contributed by atoms with Crippen molar-refractivity contribution in [3.05, 3.63) is 29.8 Å². The Morgan fingerprint density at radius 1 is 1.06 bits per heavy atom. The molecule has 0 unspecified atom stereocenters. The normalized spacial score (nSPS) is 10.9. The van der Waals surface area contributed by atoms with Crippen molar-refractivity contribution in [2.24, 2.45) is 5.92 Å². The van der Waals surface area contributed by atoms with Crippen LogP contribution in [0.4, 0.5) is 5.69 Å². The van der Waals surface area contributed by atoms with E-state index in [0.29, 0.717) is 0 Å². The Morgan fingerprint density at radius 3 is 2.17 bits per heavy atom. The molecule has 0 radical (unpaired) electrons. The van der Waals surface area contributed by atoms with Crippen LogP contribution in [0.2, 0.25) is 0 Å². The van der Waals surface area contributed by atoms with E-state index < -0.39 is 0 Å². The maximum atomic E-state index is 3.50. The van der Waals surface area contributed by atoms with Crippen LogP contribution >= 0.6 is 0 Å². The molecular weight excluding hydrogens is 220 g/mol. The first kappa shape index (κ1) is 15.0. The lowest BCUT2D eigenvalue weighted by atomic mass is 10.1. The van der Waals surface area contributed by atoms with Gasteiger partial charge in [-0.1, -0.05) is 26.0 Å². The molecule has 0 aromatic heterocycles. The highest BCUT2D eigenvalue weighted by Gasteiger charge is 2.01. The molecule has 2 heteroatoms. The van der Waals surface area contributed by atoms with Gasteiger partial charge in [0.2, 0.25) is 0 Å². The summed E-state index contributed by atoms with van der Waals surface area (Å²) in [6.45, 7) is 13.2. The fourth-order valence-corrected chi connectivity index (χ4v) is 2.04. The third kappa shape index (κ3) is 5.09. The second-order valence-corrected chi connectivity index (χ2v) is 5.20. The van der Waals surface area contributed by atoms with Gasteiger partial charge in [0.15, 0.2) is 0 Å². The molecule has 0 saturated carbocycles. The van der Waals surface area contributed by atoms with Gasteiger partial charge in [-0.3, -0.25) is 0 Å². The summed E-state index contributed by atoms with van der Waals surface area (Å²) < 4.78 is 0. The quantitative estimate of drug-likeness (QED) is 0.706. The zero-order valence-corrected chi connectivity index (χ0v) is 12.4. The number of anilines is 1. The van der Waals surface area contributed by atoms with Crippen LogP contribution in [0.3, 0.4) is 0 Å². The van der Waals surface area contributed by atoms with Crippen molar-refractivity contribution in [3.63, 3.8) is 0 Å². The highest BCUT2D eigenvalue weighted by atomic mass is 15.1. The van der Waals surface area contributed by atoms with Gasteiger partial charge in [-0.2, -0.15) is 0 Å². The molecule has 0 saturated heterocycles. The van der Waals surface area contributed by atoms with Crippen molar-refractivity contribution in [3.8, 4) is 0 Å². The van der Waals surface area contributed by atoms with Gasteiger partial charge in [-0.25, -0.2) is 0 Å². The lowest BCUT2D eigenvalue weighted by Crippen LogP contribution is -2.21. The van der Waals surface area contributed by atoms with Gasteiger partial charge < -0.3 is 10.2 Å². The Labute approximate surface area is 112 Å². The van der Waals surface area contributed by atoms with Crippen molar-refractivity contribution in [2.75, 3.05) is 24.5 Å². The van der Waals surface area contributed by atoms with Gasteiger partial charge in [0, 0.05) is 25.3 Å². The molecule has 0 amide bonds. The second kappa shape index (κ2) is 8.15. The molecule has 0 aliphatic rings. The van der Waals surface area contributed by atoms with Crippen molar-refractivity contribution in [1.82, 2.24) is 5.32 Å². The van der Waals surface area contributed by atoms with Gasteiger partial charge in [-0.05, 0) is 50.4 Å². The van der Waals surface area contributed by atoms with Gasteiger partial charge in [0.25, 0.3) is 0 Å². The van der Waals surface area contributed by atoms with Crippen LogP contribution in [0.1, 0.15) is 39.7 Å². The molecule has 1 aromatic rings. The fourth-order valence-electron chi connectivity index (χ4n) is 2.04. The first-order valence-electron chi connectivity index (χ1n) is 7.22. The Balaban J connectivity index is 2.40. The van der Waals surface area contributed by atoms with E-state index >= 15 is 0 Å². The summed E-state index contributed by atoms with van der Waals surface area (Å²) in [5.74, 6) is 0.780. The summed E-state index contributed by atoms with van der Waals surface area (Å²) in [5, 5.41) is 3.50. The first-order valence-corrected chi connectivity index (χ1v) is 7.22. The smallest absolute Gasteiger partial charge is 0.0366 e. The van der Waals surface area contributed by atoms with Gasteiger partial charge >= 0.3 is 0 Å². The van der Waals surface area contributed by atoms with E-state index in [1.165, 1.54) is 17.7 Å². The summed E-state index contributed by atoms with van der Waals surface area (Å²) in [5.41, 5.74) is 2.69. The van der Waals surface area contributed by atoms with E-state index in [4.69, 9.17) is 0 Å². The molecule has 0 atom stereocenters. The van der Waals surface area contributed by atoms with Crippen molar-refractivity contribution in [2.45, 2.75) is 40.7 Å². The minimum Gasteiger partial charge on any atom is -0.372 e. The summed E-state index contributed by atoms with van der Waals surface area (Å²) >= 11 is 0. The molecule has 1 N–H and O–H groups in total. The molecule has 0 heterocycles. The van der Waals surface area contributed by atoms with Gasteiger partial charge in [0.1, 0.15) is 0 Å². The molecule has 18 heavy (non-hydrogen) atoms. The largest absolute Gasteiger partial charge is 0.372 e. The van der Waals surface area contributed by atoms with E-state index in [1.807, 2.05) is 0 Å². The summed E-state index contributed by atoms with van der Waals surface area (Å²) in [4.78, 5) is 2.37. The van der Waals surface area contributed by atoms with E-state index in [0.717, 1.165) is 32.1 Å². The van der Waals surface area contributed by atoms with E-state index in [1.54, 1.807) is 0 Å². The number of hydrogen-bond donors (Lipinski definition) is 1. The average Bonchev–Trinajstić information content (AvgIpc) is 2.37. The third-order valence-electron chi connectivity index (χ3n) is 3.29. The molecule has 0 fully saturated rings. The molecule has 0 bridgehead atoms. The lowest BCUT2D eigenvalue weighted by molar-refractivity contribution is 0.537. The number of benzene rings is 1. The fraction of sp³-hybridized carbons (Fsp3) is 0.625. The first-order chi connectivity index (χ1) is 8.67. The summed E-state index contributed by atoms with van der Waals surface area (Å²) in [7, 11) is 0. The molecule has 0 spiro atoms. The summed E-state index contributed by atoms with van der Waals surface area (Å²) in [6, 6.07) is 8.92. The predicted molar refractivity (Wildman–Crippen MR) is 81.2 cm³/mol. The zero-order valence-electron chi connectivity index (χ0n) is 12.4. The maximum absolute atomic E-state index is 3.50. The second-order valence-electron chi connectivity index (χ2n) is 5.20. The van der Waals surface area contributed by atoms with E-state index in [-0.39, 0.29) is 0 Å². The molecule has 102 valence electrons. The monoisotopic (exact) mass is 248 g/mol. The third-order valence-corrected chi connectivity index (χ3v) is 3.29. The lowest BCUT2D eigenvalue weighted by Gasteiger charge is -2.21. The van der Waals surface area contributed by atoms with Crippen LogP contribution in [0.5, 0.6) is 0 Å². The standard InChI is InChI=1S/C16H28N2/c1-5-18(6-2)16-9-7-15(8-10-16)13-17-12-11-14(3)4/h7-10,14,17H,5-6,11-13H2,1-4H3. The predicted octanol–water partition coefficient (Wildman–Crippen LogP) is 3.67. The Bertz CT molecular complexity index is 312. The van der Waals surface area contributed by atoms with Gasteiger partial charge in [-0.15, -0.1) is 0 Å². The van der Waals surface area contributed by atoms with Crippen LogP contribution < -0.4 is 10.2 Å². The zero-order chi connectivity index (χ0) is 13.4. The minimum atomic E-state index is 0.780. The molecule has 1 rings (SSSR count). The van der Waals surface area contributed by atoms with Crippen LogP contribution in [0.15, 0.2) is 24.3 Å². The Morgan fingerprint density at radius 2 is 1.67 bits per heavy atom. The Hall–Kier alpha value is -1.02. The van der Waals surface area contributed by atoms with Gasteiger partial charge in [0.05, 0.1) is 0 Å². The number of hydrogen-bond acceptors (Lipinski definition) is 2. The Kier molecular flexibility index (Phi) is 6.81. The topological polar surface area (TPSA) is 15.3 Å². The maximum Gasteiger partial charge on any atom is 0.0366 e. The van der Waals surface area contributed by atoms with Crippen molar-refractivity contribution < 1.29 is 0 Å². The number of nitrogens with one attached hydrogen (secondary N) is 1. The average molecular weight is 248 g/mol. The van der Waals surface area contributed by atoms with Crippen molar-refractivity contribution >= 4 is 5.69 Å². The highest BCUT2D eigenvalue weighted by Crippen LogP contribution is 2.14.